The quantitative estimate of drug-likeness (QED) is 0.0675. The highest BCUT2D eigenvalue weighted by atomic mass is 16.5. The summed E-state index contributed by atoms with van der Waals surface area (Å²) in [5, 5.41) is 40.2. The highest BCUT2D eigenvalue weighted by Gasteiger charge is 2.33. The van der Waals surface area contributed by atoms with Gasteiger partial charge in [0.25, 0.3) is 5.84 Å². The highest BCUT2D eigenvalue weighted by Crippen LogP contribution is 2.42. The molecule has 2 aliphatic heterocycles. The normalized spacial score (nSPS) is 17.2. The molecule has 238 valence electrons. The van der Waals surface area contributed by atoms with Gasteiger partial charge in [-0.25, -0.2) is 10.9 Å². The van der Waals surface area contributed by atoms with Gasteiger partial charge in [0.15, 0.2) is 0 Å². The van der Waals surface area contributed by atoms with Gasteiger partial charge in [-0.05, 0) is 0 Å². The van der Waals surface area contributed by atoms with Gasteiger partial charge < -0.3 is 34.4 Å². The molecule has 12 heteroatoms. The second-order valence-corrected chi connectivity index (χ2v) is 14.0. The number of nitrogens with two attached hydrogens (primary N) is 1. The Hall–Kier alpha value is -3.84. The van der Waals surface area contributed by atoms with Gasteiger partial charge >= 0.3 is 0 Å². The van der Waals surface area contributed by atoms with Gasteiger partial charge in [-0.2, -0.15) is 0 Å². The maximum atomic E-state index is 13.4. The summed E-state index contributed by atoms with van der Waals surface area (Å²) in [6, 6.07) is 16.3. The van der Waals surface area contributed by atoms with E-state index in [-0.39, 0.29) is 6.54 Å². The van der Waals surface area contributed by atoms with Crippen molar-refractivity contribution in [3.63, 3.8) is 0 Å². The number of quaternary nitrogens is 2. The third-order valence-electron chi connectivity index (χ3n) is 8.37. The second kappa shape index (κ2) is 12.3. The van der Waals surface area contributed by atoms with Crippen molar-refractivity contribution in [2.75, 3.05) is 118 Å². The largest absolute Gasteiger partial charge is 0.756 e. The van der Waals surface area contributed by atoms with Crippen LogP contribution in [0.1, 0.15) is 0 Å². The van der Waals surface area contributed by atoms with Crippen LogP contribution >= 0.6 is 0 Å². The number of hydrazone groups is 1. The molecule has 3 aromatic carbocycles. The van der Waals surface area contributed by atoms with Crippen molar-refractivity contribution in [1.82, 2.24) is 14.9 Å². The predicted octanol–water partition coefficient (Wildman–Crippen LogP) is 2.13. The molecule has 2 aliphatic rings. The van der Waals surface area contributed by atoms with E-state index in [2.05, 4.69) is 76.4 Å². The topological polar surface area (TPSA) is 104 Å². The fourth-order valence-corrected chi connectivity index (χ4v) is 5.93. The van der Waals surface area contributed by atoms with Crippen molar-refractivity contribution in [2.45, 2.75) is 0 Å². The van der Waals surface area contributed by atoms with Crippen molar-refractivity contribution in [2.24, 2.45) is 10.9 Å². The number of rotatable bonds is 11. The van der Waals surface area contributed by atoms with E-state index < -0.39 is 0 Å². The molecule has 0 bridgehead atoms. The highest BCUT2D eigenvalue weighted by molar-refractivity contribution is 6.20. The molecule has 0 radical (unpaired) electrons. The van der Waals surface area contributed by atoms with Gasteiger partial charge in [0, 0.05) is 41.7 Å². The number of likely N-dealkylation sites (N-methyl/N-ethyl adjacent to an activating group) is 2. The summed E-state index contributed by atoms with van der Waals surface area (Å²) >= 11 is 0. The number of hydrogen-bond donors (Lipinski definition) is 1. The smallest absolute Gasteiger partial charge is 0.272 e. The van der Waals surface area contributed by atoms with Crippen molar-refractivity contribution in [3.05, 3.63) is 58.9 Å². The molecule has 2 N–H and O–H groups in total. The molecule has 0 aromatic heterocycles. The molecule has 0 unspecified atom stereocenters. The number of hydrazine groups is 1. The minimum Gasteiger partial charge on any atom is -0.756 e. The average molecular weight is 606 g/mol. The molecule has 2 heterocycles. The maximum absolute atomic E-state index is 13.4. The minimum absolute atomic E-state index is 0.229. The summed E-state index contributed by atoms with van der Waals surface area (Å²) < 4.78 is 2.66. The number of amidine groups is 1. The second-order valence-electron chi connectivity index (χ2n) is 14.0. The zero-order valence-electron chi connectivity index (χ0n) is 27.4. The van der Waals surface area contributed by atoms with Crippen molar-refractivity contribution in [3.8, 4) is 0 Å². The summed E-state index contributed by atoms with van der Waals surface area (Å²) in [6.07, 6.45) is 0. The Labute approximate surface area is 261 Å². The van der Waals surface area contributed by atoms with Crippen LogP contribution in [-0.2, 0) is 0 Å². The first-order valence-electron chi connectivity index (χ1n) is 15.4. The van der Waals surface area contributed by atoms with Crippen LogP contribution in [0.2, 0.25) is 0 Å². The van der Waals surface area contributed by atoms with Crippen LogP contribution in [0.15, 0.2) is 53.6 Å². The Balaban J connectivity index is 1.69. The molecular weight excluding hydrogens is 556 g/mol. The first kappa shape index (κ1) is 31.6. The van der Waals surface area contributed by atoms with Crippen molar-refractivity contribution in [1.29, 1.82) is 0 Å². The summed E-state index contributed by atoms with van der Waals surface area (Å²) in [5.74, 6) is 7.45. The fraction of sp³-hybridized carbons (Fsp3) is 0.500. The number of guanidine groups is 1. The zero-order chi connectivity index (χ0) is 31.8. The molecule has 1 fully saturated rings. The van der Waals surface area contributed by atoms with Gasteiger partial charge in [-0.15, -0.1) is 5.10 Å². The Morgan fingerprint density at radius 3 is 1.80 bits per heavy atom. The molecule has 5 rings (SSSR count). The first-order chi connectivity index (χ1) is 20.7. The Bertz CT molecular complexity index is 1500. The van der Waals surface area contributed by atoms with Crippen molar-refractivity contribution < 1.29 is 13.7 Å². The summed E-state index contributed by atoms with van der Waals surface area (Å²) in [7, 11) is 14.8. The van der Waals surface area contributed by atoms with E-state index in [1.807, 2.05) is 36.3 Å². The number of anilines is 2. The summed E-state index contributed by atoms with van der Waals surface area (Å²) in [5.41, 5.74) is 1.76. The van der Waals surface area contributed by atoms with E-state index >= 15 is 0 Å². The molecule has 0 aliphatic carbocycles. The van der Waals surface area contributed by atoms with Gasteiger partial charge in [-0.3, -0.25) is 9.64 Å². The van der Waals surface area contributed by atoms with Crippen LogP contribution in [-0.4, -0.2) is 149 Å². The number of hydrogen-bond acceptors (Lipinski definition) is 7. The summed E-state index contributed by atoms with van der Waals surface area (Å²) in [6.45, 7) is 5.45. The molecule has 44 heavy (non-hydrogen) atoms. The minimum atomic E-state index is 0.229. The van der Waals surface area contributed by atoms with Crippen LogP contribution in [0.3, 0.4) is 0 Å². The van der Waals surface area contributed by atoms with E-state index in [4.69, 9.17) is 10.9 Å². The number of fused-ring (bicyclic) bond motifs is 2. The van der Waals surface area contributed by atoms with Gasteiger partial charge in [-0.1, -0.05) is 48.5 Å². The molecule has 3 aromatic rings. The van der Waals surface area contributed by atoms with Crippen LogP contribution in [0.4, 0.5) is 11.4 Å². The molecule has 0 amide bonds. The lowest BCUT2D eigenvalue weighted by Gasteiger charge is -2.33. The third kappa shape index (κ3) is 6.78. The molecule has 0 spiro atoms. The fourth-order valence-electron chi connectivity index (χ4n) is 5.93. The average Bonchev–Trinajstić information content (AvgIpc) is 3.48. The zero-order valence-corrected chi connectivity index (χ0v) is 27.4. The van der Waals surface area contributed by atoms with E-state index in [0.29, 0.717) is 44.5 Å². The molecule has 12 nitrogen and oxygen atoms in total. The molecule has 1 saturated heterocycles. The lowest BCUT2D eigenvalue weighted by Crippen LogP contribution is -2.46. The summed E-state index contributed by atoms with van der Waals surface area (Å²) in [4.78, 5) is 4.24. The van der Waals surface area contributed by atoms with Gasteiger partial charge in [0.2, 0.25) is 5.96 Å². The van der Waals surface area contributed by atoms with E-state index in [1.165, 1.54) is 0 Å². The first-order valence-corrected chi connectivity index (χ1v) is 15.4. The van der Waals surface area contributed by atoms with Gasteiger partial charge in [0.1, 0.15) is 32.7 Å². The van der Waals surface area contributed by atoms with Crippen LogP contribution in [0, 0.1) is 10.4 Å². The van der Waals surface area contributed by atoms with Crippen LogP contribution in [0.25, 0.3) is 21.5 Å². The lowest BCUT2D eigenvalue weighted by atomic mass is 9.97. The monoisotopic (exact) mass is 605 g/mol. The number of benzene rings is 3. The van der Waals surface area contributed by atoms with E-state index in [0.717, 1.165) is 71.3 Å². The predicted molar refractivity (Wildman–Crippen MR) is 181 cm³/mol. The van der Waals surface area contributed by atoms with Crippen molar-refractivity contribution >= 4 is 44.7 Å². The Morgan fingerprint density at radius 1 is 0.795 bits per heavy atom. The lowest BCUT2D eigenvalue weighted by molar-refractivity contribution is -0.869. The standard InChI is InChI=1S/C32H49N10O2/c1-35(33)30-25-12-8-10-14-27(25)31(28-15-11-9-13-26(28)30)38(24-29-36(16-18-39(29)43)20-22-41(2,3)4)34-32-37(17-19-40(32)44)21-23-42(5,6)7/h8-15H,16-24,33H2,1-7H3/q+1. The molecular formula is C32H49N10O2+. The number of nitrogens with zero attached hydrogens (tertiary/aromatic N) is 9. The Kier molecular flexibility index (Phi) is 8.81. The van der Waals surface area contributed by atoms with Crippen LogP contribution in [0.5, 0.6) is 0 Å². The third-order valence-corrected chi connectivity index (χ3v) is 8.37. The van der Waals surface area contributed by atoms with Gasteiger partial charge in [0.05, 0.1) is 66.8 Å². The molecule has 0 saturated carbocycles. The SMILES string of the molecule is CN(N)c1c2ccccc2c(N(CC2=[N+]([O-])CCN2CC[N+](C)(C)C)N=C2N([O-])CCN2CC[N+](C)(C)C)c2ccccc12. The maximum Gasteiger partial charge on any atom is 0.272 e. The van der Waals surface area contributed by atoms with E-state index in [1.54, 1.807) is 5.01 Å². The van der Waals surface area contributed by atoms with E-state index in [9.17, 15) is 10.4 Å². The number of hydroxylamine groups is 3. The molecule has 0 atom stereocenters. The van der Waals surface area contributed by atoms with Crippen LogP contribution < -0.4 is 15.9 Å². The Morgan fingerprint density at radius 2 is 1.30 bits per heavy atom.